The van der Waals surface area contributed by atoms with E-state index in [1.807, 2.05) is 20.8 Å². The van der Waals surface area contributed by atoms with Gasteiger partial charge in [-0.1, -0.05) is 6.07 Å². The Bertz CT molecular complexity index is 1590. The van der Waals surface area contributed by atoms with Crippen LogP contribution in [-0.4, -0.2) is 58.5 Å². The number of benzene rings is 1. The van der Waals surface area contributed by atoms with E-state index in [0.29, 0.717) is 69.2 Å². The highest BCUT2D eigenvalue weighted by molar-refractivity contribution is 7.21. The molecule has 3 aromatic rings. The van der Waals surface area contributed by atoms with E-state index < -0.39 is 29.1 Å². The van der Waals surface area contributed by atoms with Crippen molar-refractivity contribution in [1.82, 2.24) is 15.2 Å². The summed E-state index contributed by atoms with van der Waals surface area (Å²) in [5.41, 5.74) is 19.6. The summed E-state index contributed by atoms with van der Waals surface area (Å²) in [6, 6.07) is 5.45. The molecular formula is C31H38N6O5S. The number of carbonyl (C=O) groups excluding carboxylic acids is 3. The van der Waals surface area contributed by atoms with Crippen LogP contribution in [0.1, 0.15) is 85.3 Å². The summed E-state index contributed by atoms with van der Waals surface area (Å²) in [6.07, 6.45) is 5.87. The first-order valence-corrected chi connectivity index (χ1v) is 15.5. The lowest BCUT2D eigenvalue weighted by Gasteiger charge is -2.36. The number of likely N-dealkylation sites (tertiary alicyclic amines) is 1. The third-order valence-corrected chi connectivity index (χ3v) is 9.71. The van der Waals surface area contributed by atoms with Crippen molar-refractivity contribution in [3.8, 4) is 5.88 Å². The number of rotatable bonds is 5. The third-order valence-electron chi connectivity index (χ3n) is 8.46. The molecule has 2 fully saturated rings. The fourth-order valence-corrected chi connectivity index (χ4v) is 7.23. The number of ketones is 1. The first kappa shape index (κ1) is 29.3. The summed E-state index contributed by atoms with van der Waals surface area (Å²) in [4.78, 5) is 46.8. The quantitative estimate of drug-likeness (QED) is 0.315. The minimum absolute atomic E-state index is 0.165. The van der Waals surface area contributed by atoms with Gasteiger partial charge in [-0.3, -0.25) is 9.59 Å². The number of nitrogen functional groups attached to an aromatic ring is 1. The SMILES string of the molecule is CC(C)(C)OC(=O)N1CCC[C@@H](NC(=O)c2sc3c(N)ccc4c3c2[C@@H](N)C(=O)[C@]4(N)c2ccc(OC3CCC3)nc2)C1. The highest BCUT2D eigenvalue weighted by Crippen LogP contribution is 2.49. The highest BCUT2D eigenvalue weighted by Gasteiger charge is 2.49. The second-order valence-electron chi connectivity index (χ2n) is 12.7. The number of hydrogen-bond acceptors (Lipinski definition) is 10. The lowest BCUT2D eigenvalue weighted by molar-refractivity contribution is -0.124. The lowest BCUT2D eigenvalue weighted by atomic mass is 9.71. The van der Waals surface area contributed by atoms with Crippen LogP contribution in [0, 0.1) is 0 Å². The van der Waals surface area contributed by atoms with Crippen LogP contribution in [-0.2, 0) is 15.1 Å². The number of ether oxygens (including phenoxy) is 2. The summed E-state index contributed by atoms with van der Waals surface area (Å²) in [5.74, 6) is -0.332. The van der Waals surface area contributed by atoms with Crippen LogP contribution in [0.25, 0.3) is 10.1 Å². The molecular weight excluding hydrogens is 568 g/mol. The van der Waals surface area contributed by atoms with Gasteiger partial charge in [0, 0.05) is 53.6 Å². The fourth-order valence-electron chi connectivity index (χ4n) is 6.03. The molecule has 2 aromatic heterocycles. The number of piperidine rings is 1. The average Bonchev–Trinajstić information content (AvgIpc) is 3.35. The van der Waals surface area contributed by atoms with Gasteiger partial charge in [-0.2, -0.15) is 0 Å². The maximum Gasteiger partial charge on any atom is 0.410 e. The molecule has 2 aliphatic carbocycles. The number of Topliss-reactive ketones (excluding diaryl/α,β-unsaturated/α-hetero) is 1. The molecule has 12 heteroatoms. The van der Waals surface area contributed by atoms with Crippen LogP contribution in [0.5, 0.6) is 5.88 Å². The van der Waals surface area contributed by atoms with E-state index in [4.69, 9.17) is 26.7 Å². The maximum absolute atomic E-state index is 14.0. The van der Waals surface area contributed by atoms with Gasteiger partial charge in [-0.05, 0) is 70.6 Å². The molecule has 3 atom stereocenters. The second-order valence-corrected chi connectivity index (χ2v) is 13.7. The fraction of sp³-hybridized carbons (Fsp3) is 0.484. The van der Waals surface area contributed by atoms with E-state index in [-0.39, 0.29) is 18.1 Å². The van der Waals surface area contributed by atoms with Crippen LogP contribution in [0.4, 0.5) is 10.5 Å². The molecule has 1 saturated heterocycles. The van der Waals surface area contributed by atoms with Crippen LogP contribution in [0.15, 0.2) is 30.5 Å². The Hall–Kier alpha value is -3.74. The van der Waals surface area contributed by atoms with Gasteiger partial charge in [0.1, 0.15) is 17.2 Å². The van der Waals surface area contributed by atoms with E-state index in [2.05, 4.69) is 10.3 Å². The van der Waals surface area contributed by atoms with Gasteiger partial charge in [0.2, 0.25) is 5.88 Å². The number of nitrogens with zero attached hydrogens (tertiary/aromatic N) is 2. The van der Waals surface area contributed by atoms with Crippen molar-refractivity contribution in [2.45, 2.75) is 82.2 Å². The molecule has 0 unspecified atom stereocenters. The number of hydrogen-bond donors (Lipinski definition) is 4. The molecule has 3 aliphatic rings. The summed E-state index contributed by atoms with van der Waals surface area (Å²) < 4.78 is 12.1. The maximum atomic E-state index is 14.0. The molecule has 6 rings (SSSR count). The van der Waals surface area contributed by atoms with Gasteiger partial charge in [0.05, 0.1) is 15.6 Å². The van der Waals surface area contributed by atoms with Crippen LogP contribution in [0.3, 0.4) is 0 Å². The number of carbonyl (C=O) groups is 3. The van der Waals surface area contributed by atoms with Crippen molar-refractivity contribution >= 4 is 44.9 Å². The predicted molar refractivity (Wildman–Crippen MR) is 164 cm³/mol. The standard InChI is InChI=1S/C31H38N6O5S/c1-30(2,3)42-29(40)37-13-5-6-17(15-37)36-28(39)26-23-22-19(10-11-20(32)25(22)43-26)31(34,27(38)24(23)33)16-9-12-21(35-14-16)41-18-7-4-8-18/h9-12,14,17-18,24H,4-8,13,15,32-34H2,1-3H3,(H,36,39)/t17-,24-,31+/m1/s1. The van der Waals surface area contributed by atoms with E-state index in [9.17, 15) is 14.4 Å². The Kier molecular flexibility index (Phi) is 7.34. The molecule has 228 valence electrons. The molecule has 11 nitrogen and oxygen atoms in total. The zero-order chi connectivity index (χ0) is 30.7. The molecule has 2 amide bonds. The van der Waals surface area contributed by atoms with Crippen molar-refractivity contribution in [1.29, 1.82) is 0 Å². The molecule has 1 saturated carbocycles. The van der Waals surface area contributed by atoms with Gasteiger partial charge < -0.3 is 36.9 Å². The molecule has 3 heterocycles. The summed E-state index contributed by atoms with van der Waals surface area (Å²) in [6.45, 7) is 6.32. The smallest absolute Gasteiger partial charge is 0.410 e. The number of pyridine rings is 1. The van der Waals surface area contributed by atoms with Crippen molar-refractivity contribution in [3.63, 3.8) is 0 Å². The number of thiophene rings is 1. The van der Waals surface area contributed by atoms with Crippen molar-refractivity contribution < 1.29 is 23.9 Å². The average molecular weight is 607 g/mol. The monoisotopic (exact) mass is 606 g/mol. The number of nitrogens with one attached hydrogen (secondary N) is 1. The lowest BCUT2D eigenvalue weighted by Crippen LogP contribution is -2.53. The van der Waals surface area contributed by atoms with Gasteiger partial charge in [-0.25, -0.2) is 9.78 Å². The van der Waals surface area contributed by atoms with E-state index in [1.165, 1.54) is 11.3 Å². The number of amides is 2. The minimum Gasteiger partial charge on any atom is -0.474 e. The van der Waals surface area contributed by atoms with Crippen molar-refractivity contribution in [2.75, 3.05) is 18.8 Å². The van der Waals surface area contributed by atoms with E-state index in [0.717, 1.165) is 19.3 Å². The molecule has 1 aromatic carbocycles. The molecule has 0 spiro atoms. The Morgan fingerprint density at radius 1 is 1.14 bits per heavy atom. The van der Waals surface area contributed by atoms with Gasteiger partial charge in [-0.15, -0.1) is 11.3 Å². The molecule has 1 aliphatic heterocycles. The topological polar surface area (TPSA) is 176 Å². The molecule has 7 N–H and O–H groups in total. The third kappa shape index (κ3) is 5.21. The largest absolute Gasteiger partial charge is 0.474 e. The Morgan fingerprint density at radius 2 is 1.91 bits per heavy atom. The summed E-state index contributed by atoms with van der Waals surface area (Å²) in [7, 11) is 0. The van der Waals surface area contributed by atoms with Gasteiger partial charge >= 0.3 is 6.09 Å². The molecule has 43 heavy (non-hydrogen) atoms. The van der Waals surface area contributed by atoms with E-state index in [1.54, 1.807) is 35.4 Å². The number of anilines is 1. The molecule has 0 radical (unpaired) electrons. The Labute approximate surface area is 254 Å². The van der Waals surface area contributed by atoms with Crippen LogP contribution < -0.4 is 27.3 Å². The van der Waals surface area contributed by atoms with E-state index >= 15 is 0 Å². The normalized spacial score (nSPS) is 24.0. The first-order valence-electron chi connectivity index (χ1n) is 14.7. The van der Waals surface area contributed by atoms with Crippen LogP contribution >= 0.6 is 11.3 Å². The second kappa shape index (κ2) is 10.8. The zero-order valence-electron chi connectivity index (χ0n) is 24.6. The van der Waals surface area contributed by atoms with Gasteiger partial charge in [0.25, 0.3) is 5.91 Å². The molecule has 0 bridgehead atoms. The first-order chi connectivity index (χ1) is 20.4. The Balaban J connectivity index is 1.31. The van der Waals surface area contributed by atoms with Crippen LogP contribution in [0.2, 0.25) is 0 Å². The number of nitrogens with two attached hydrogens (primary N) is 3. The number of aromatic nitrogens is 1. The minimum atomic E-state index is -1.59. The predicted octanol–water partition coefficient (Wildman–Crippen LogP) is 3.72. The van der Waals surface area contributed by atoms with Crippen molar-refractivity contribution in [3.05, 3.63) is 52.0 Å². The van der Waals surface area contributed by atoms with Crippen molar-refractivity contribution in [2.24, 2.45) is 11.5 Å². The summed E-state index contributed by atoms with van der Waals surface area (Å²) in [5, 5.41) is 3.68. The van der Waals surface area contributed by atoms with Gasteiger partial charge in [0.15, 0.2) is 5.78 Å². The zero-order valence-corrected chi connectivity index (χ0v) is 25.5. The Morgan fingerprint density at radius 3 is 2.56 bits per heavy atom. The summed E-state index contributed by atoms with van der Waals surface area (Å²) >= 11 is 1.20. The highest BCUT2D eigenvalue weighted by atomic mass is 32.1.